The SMILES string of the molecule is COCC1=C(C(=O)OC)C(c2ccc(F)c(F)c2)N(C(=O)NCCNC2CCNC(C3(C(=O)OC)C=CC=CC3)C2)C(=O)N1. The molecule has 3 aliphatic rings. The van der Waals surface area contributed by atoms with E-state index < -0.39 is 41.1 Å². The number of piperidine rings is 1. The Morgan fingerprint density at radius 1 is 1.09 bits per heavy atom. The Labute approximate surface area is 253 Å². The van der Waals surface area contributed by atoms with E-state index in [1.807, 2.05) is 24.3 Å². The molecule has 1 aliphatic carbocycles. The maximum Gasteiger partial charge on any atom is 0.338 e. The van der Waals surface area contributed by atoms with Crippen molar-refractivity contribution in [3.63, 3.8) is 0 Å². The van der Waals surface area contributed by atoms with Crippen LogP contribution in [0.15, 0.2) is 53.8 Å². The van der Waals surface area contributed by atoms with Crippen molar-refractivity contribution in [1.29, 1.82) is 0 Å². The van der Waals surface area contributed by atoms with Gasteiger partial charge in [0.2, 0.25) is 0 Å². The maximum atomic E-state index is 14.3. The summed E-state index contributed by atoms with van der Waals surface area (Å²) in [5.41, 5.74) is -0.979. The van der Waals surface area contributed by atoms with Gasteiger partial charge in [-0.3, -0.25) is 4.79 Å². The molecule has 0 aromatic heterocycles. The molecule has 4 atom stereocenters. The highest BCUT2D eigenvalue weighted by molar-refractivity contribution is 6.01. The highest BCUT2D eigenvalue weighted by Crippen LogP contribution is 2.37. The Bertz CT molecular complexity index is 1370. The molecule has 1 fully saturated rings. The molecular weight excluding hydrogens is 580 g/mol. The van der Waals surface area contributed by atoms with E-state index in [1.54, 1.807) is 0 Å². The zero-order valence-electron chi connectivity index (χ0n) is 24.8. The summed E-state index contributed by atoms with van der Waals surface area (Å²) in [6.07, 6.45) is 9.48. The summed E-state index contributed by atoms with van der Waals surface area (Å²) in [6, 6.07) is -0.492. The second kappa shape index (κ2) is 14.6. The first-order valence-electron chi connectivity index (χ1n) is 14.2. The summed E-state index contributed by atoms with van der Waals surface area (Å²) in [4.78, 5) is 52.9. The van der Waals surface area contributed by atoms with Crippen molar-refractivity contribution in [2.24, 2.45) is 5.41 Å². The van der Waals surface area contributed by atoms with E-state index in [0.717, 1.165) is 30.6 Å². The number of carbonyl (C=O) groups is 4. The Morgan fingerprint density at radius 3 is 2.55 bits per heavy atom. The molecule has 44 heavy (non-hydrogen) atoms. The lowest BCUT2D eigenvalue weighted by atomic mass is 9.71. The lowest BCUT2D eigenvalue weighted by Gasteiger charge is -2.42. The van der Waals surface area contributed by atoms with Crippen LogP contribution in [0.25, 0.3) is 0 Å². The van der Waals surface area contributed by atoms with Gasteiger partial charge >= 0.3 is 24.0 Å². The molecule has 14 heteroatoms. The summed E-state index contributed by atoms with van der Waals surface area (Å²) in [7, 11) is 3.84. The van der Waals surface area contributed by atoms with Crippen LogP contribution in [0.3, 0.4) is 0 Å². The first-order chi connectivity index (χ1) is 21.2. The van der Waals surface area contributed by atoms with Gasteiger partial charge in [0.05, 0.1) is 32.1 Å². The van der Waals surface area contributed by atoms with Crippen molar-refractivity contribution in [2.45, 2.75) is 37.4 Å². The molecule has 0 bridgehead atoms. The van der Waals surface area contributed by atoms with Crippen LogP contribution >= 0.6 is 0 Å². The third-order valence-corrected chi connectivity index (χ3v) is 8.03. The summed E-state index contributed by atoms with van der Waals surface area (Å²) < 4.78 is 43.2. The number of amides is 4. The van der Waals surface area contributed by atoms with Crippen LogP contribution in [0.1, 0.15) is 30.9 Å². The molecule has 238 valence electrons. The molecule has 2 aliphatic heterocycles. The van der Waals surface area contributed by atoms with Gasteiger partial charge in [-0.15, -0.1) is 0 Å². The number of carbonyl (C=O) groups excluding carboxylic acids is 4. The van der Waals surface area contributed by atoms with Gasteiger partial charge in [-0.25, -0.2) is 28.1 Å². The molecule has 1 aromatic rings. The molecule has 0 radical (unpaired) electrons. The number of allylic oxidation sites excluding steroid dienone is 3. The number of hydrogen-bond donors (Lipinski definition) is 4. The highest BCUT2D eigenvalue weighted by atomic mass is 19.2. The van der Waals surface area contributed by atoms with Crippen LogP contribution in [-0.4, -0.2) is 88.6 Å². The number of nitrogens with one attached hydrogen (secondary N) is 4. The number of imide groups is 1. The van der Waals surface area contributed by atoms with Crippen molar-refractivity contribution >= 4 is 24.0 Å². The van der Waals surface area contributed by atoms with E-state index in [2.05, 4.69) is 21.3 Å². The van der Waals surface area contributed by atoms with Crippen LogP contribution < -0.4 is 21.3 Å². The number of esters is 2. The summed E-state index contributed by atoms with van der Waals surface area (Å²) in [5, 5.41) is 12.0. The molecule has 1 aromatic carbocycles. The topological polar surface area (TPSA) is 147 Å². The van der Waals surface area contributed by atoms with E-state index in [1.165, 1.54) is 20.3 Å². The number of methoxy groups -OCH3 is 3. The van der Waals surface area contributed by atoms with E-state index >= 15 is 0 Å². The fourth-order valence-electron chi connectivity index (χ4n) is 5.88. The quantitative estimate of drug-likeness (QED) is 0.229. The minimum atomic E-state index is -1.43. The number of benzene rings is 1. The van der Waals surface area contributed by atoms with Crippen molar-refractivity contribution in [3.05, 3.63) is 71.0 Å². The zero-order valence-corrected chi connectivity index (χ0v) is 24.8. The van der Waals surface area contributed by atoms with Gasteiger partial charge in [-0.2, -0.15) is 0 Å². The number of nitrogens with zero attached hydrogens (tertiary/aromatic N) is 1. The fourth-order valence-corrected chi connectivity index (χ4v) is 5.88. The lowest BCUT2D eigenvalue weighted by molar-refractivity contribution is -0.152. The number of urea groups is 2. The Hall–Kier alpha value is -4.14. The van der Waals surface area contributed by atoms with Crippen LogP contribution in [0, 0.1) is 17.0 Å². The standard InChI is InChI=1S/C30H37F2N5O7/c1-42-17-22-24(26(38)43-2)25(18-7-8-20(31)21(32)15-18)37(29(41)36-22)28(40)35-14-13-33-19-9-12-34-23(16-19)30(27(39)44-3)10-5-4-6-11-30/h4-8,10,15,19,23,25,33-34H,9,11-14,16-17H2,1-3H3,(H,35,40)(H,36,41). The Balaban J connectivity index is 1.46. The summed E-state index contributed by atoms with van der Waals surface area (Å²) in [6.45, 7) is 0.871. The number of halogens is 2. The molecule has 0 saturated carbocycles. The van der Waals surface area contributed by atoms with Gasteiger partial charge in [0.1, 0.15) is 11.5 Å². The fraction of sp³-hybridized carbons (Fsp3) is 0.467. The predicted octanol–water partition coefficient (Wildman–Crippen LogP) is 2.20. The maximum absolute atomic E-state index is 14.3. The number of ether oxygens (including phenoxy) is 3. The minimum absolute atomic E-state index is 0.0204. The van der Waals surface area contributed by atoms with Gasteiger partial charge in [0.15, 0.2) is 11.6 Å². The predicted molar refractivity (Wildman–Crippen MR) is 154 cm³/mol. The van der Waals surface area contributed by atoms with Crippen LogP contribution in [-0.2, 0) is 23.8 Å². The van der Waals surface area contributed by atoms with Gasteiger partial charge < -0.3 is 35.5 Å². The molecule has 4 N–H and O–H groups in total. The van der Waals surface area contributed by atoms with Crippen LogP contribution in [0.4, 0.5) is 18.4 Å². The van der Waals surface area contributed by atoms with E-state index in [9.17, 15) is 28.0 Å². The van der Waals surface area contributed by atoms with Gasteiger partial charge in [-0.1, -0.05) is 30.4 Å². The van der Waals surface area contributed by atoms with Gasteiger partial charge in [0.25, 0.3) is 0 Å². The first-order valence-corrected chi connectivity index (χ1v) is 14.2. The third kappa shape index (κ3) is 6.82. The molecule has 4 unspecified atom stereocenters. The zero-order chi connectivity index (χ0) is 31.9. The molecule has 4 amide bonds. The van der Waals surface area contributed by atoms with Crippen LogP contribution in [0.5, 0.6) is 0 Å². The summed E-state index contributed by atoms with van der Waals surface area (Å²) in [5.74, 6) is -3.55. The Kier molecular flexibility index (Phi) is 10.8. The molecule has 2 heterocycles. The van der Waals surface area contributed by atoms with E-state index in [-0.39, 0.29) is 48.0 Å². The minimum Gasteiger partial charge on any atom is -0.468 e. The molecule has 12 nitrogen and oxygen atoms in total. The monoisotopic (exact) mass is 617 g/mol. The average molecular weight is 618 g/mol. The van der Waals surface area contributed by atoms with Crippen molar-refractivity contribution in [1.82, 2.24) is 26.2 Å². The highest BCUT2D eigenvalue weighted by Gasteiger charge is 2.46. The van der Waals surface area contributed by atoms with Gasteiger partial charge in [-0.05, 0) is 43.5 Å². The normalized spacial score (nSPS) is 25.0. The molecular formula is C30H37F2N5O7. The van der Waals surface area contributed by atoms with Crippen molar-refractivity contribution in [3.8, 4) is 0 Å². The molecule has 4 rings (SSSR count). The second-order valence-electron chi connectivity index (χ2n) is 10.6. The third-order valence-electron chi connectivity index (χ3n) is 8.03. The first kappa shape index (κ1) is 32.8. The van der Waals surface area contributed by atoms with E-state index in [0.29, 0.717) is 25.9 Å². The van der Waals surface area contributed by atoms with Crippen molar-refractivity contribution < 1.29 is 42.2 Å². The smallest absolute Gasteiger partial charge is 0.338 e. The Morgan fingerprint density at radius 2 is 1.89 bits per heavy atom. The second-order valence-corrected chi connectivity index (χ2v) is 10.6. The number of rotatable bonds is 10. The van der Waals surface area contributed by atoms with E-state index in [4.69, 9.17) is 14.2 Å². The van der Waals surface area contributed by atoms with Crippen molar-refractivity contribution in [2.75, 3.05) is 47.6 Å². The largest absolute Gasteiger partial charge is 0.468 e. The molecule has 1 saturated heterocycles. The lowest BCUT2D eigenvalue weighted by Crippen LogP contribution is -2.57. The summed E-state index contributed by atoms with van der Waals surface area (Å²) >= 11 is 0. The average Bonchev–Trinajstić information content (AvgIpc) is 3.03. The van der Waals surface area contributed by atoms with Gasteiger partial charge in [0, 0.05) is 32.3 Å². The number of hydrogen-bond acceptors (Lipinski definition) is 9. The molecule has 0 spiro atoms. The van der Waals surface area contributed by atoms with Crippen LogP contribution in [0.2, 0.25) is 0 Å².